The van der Waals surface area contributed by atoms with Crippen LogP contribution in [0, 0.1) is 0 Å². The van der Waals surface area contributed by atoms with E-state index in [1.54, 1.807) is 0 Å². The monoisotopic (exact) mass is 268 g/mol. The highest BCUT2D eigenvalue weighted by Gasteiger charge is 2.41. The third kappa shape index (κ3) is 4.35. The maximum absolute atomic E-state index is 5.87. The summed E-state index contributed by atoms with van der Waals surface area (Å²) in [6, 6.07) is 0.449. The van der Waals surface area contributed by atoms with E-state index in [1.165, 1.54) is 12.8 Å². The quantitative estimate of drug-likeness (QED) is 0.425. The minimum Gasteiger partial charge on any atom is -0.373 e. The summed E-state index contributed by atoms with van der Waals surface area (Å²) in [5.74, 6) is 0.947. The standard InChI is InChI=1S/C14H28N4O/c1-4-15-14(16-8-5-9-18(2)3)17-12-10-11-6-7-13(12)19-11/h11-13H,4-10H2,1-3H3,(H2,15,16,17). The number of fused-ring (bicyclic) bond motifs is 2. The fraction of sp³-hybridized carbons (Fsp3) is 0.929. The van der Waals surface area contributed by atoms with Crippen molar-refractivity contribution in [3.63, 3.8) is 0 Å². The van der Waals surface area contributed by atoms with Crippen molar-refractivity contribution in [3.05, 3.63) is 0 Å². The summed E-state index contributed by atoms with van der Waals surface area (Å²) in [5.41, 5.74) is 0. The first-order chi connectivity index (χ1) is 9.19. The van der Waals surface area contributed by atoms with Gasteiger partial charge < -0.3 is 20.3 Å². The van der Waals surface area contributed by atoms with Gasteiger partial charge >= 0.3 is 0 Å². The fourth-order valence-corrected chi connectivity index (χ4v) is 2.86. The smallest absolute Gasteiger partial charge is 0.191 e. The average Bonchev–Trinajstić information content (AvgIpc) is 2.96. The largest absolute Gasteiger partial charge is 0.373 e. The minimum atomic E-state index is 0.399. The molecule has 2 bridgehead atoms. The van der Waals surface area contributed by atoms with Crippen molar-refractivity contribution in [1.82, 2.24) is 15.5 Å². The van der Waals surface area contributed by atoms with Crippen LogP contribution in [0.5, 0.6) is 0 Å². The van der Waals surface area contributed by atoms with Crippen LogP contribution in [-0.2, 0) is 4.74 Å². The molecule has 0 aromatic rings. The maximum atomic E-state index is 5.87. The van der Waals surface area contributed by atoms with Crippen molar-refractivity contribution in [3.8, 4) is 0 Å². The molecule has 2 fully saturated rings. The lowest BCUT2D eigenvalue weighted by molar-refractivity contribution is 0.0992. The van der Waals surface area contributed by atoms with Crippen molar-refractivity contribution in [1.29, 1.82) is 0 Å². The molecule has 0 radical (unpaired) electrons. The van der Waals surface area contributed by atoms with Crippen LogP contribution in [-0.4, -0.2) is 62.8 Å². The van der Waals surface area contributed by atoms with Crippen LogP contribution in [0.4, 0.5) is 0 Å². The lowest BCUT2D eigenvalue weighted by Gasteiger charge is -2.22. The van der Waals surface area contributed by atoms with Gasteiger partial charge in [0.2, 0.25) is 0 Å². The summed E-state index contributed by atoms with van der Waals surface area (Å²) in [5, 5.41) is 6.86. The second-order valence-corrected chi connectivity index (χ2v) is 5.78. The van der Waals surface area contributed by atoms with Crippen LogP contribution in [0.1, 0.15) is 32.6 Å². The first-order valence-corrected chi connectivity index (χ1v) is 7.54. The number of ether oxygens (including phenoxy) is 1. The van der Waals surface area contributed by atoms with Gasteiger partial charge in [-0.05, 0) is 53.2 Å². The van der Waals surface area contributed by atoms with Gasteiger partial charge in [0, 0.05) is 13.1 Å². The fourth-order valence-electron chi connectivity index (χ4n) is 2.86. The van der Waals surface area contributed by atoms with Gasteiger partial charge in [-0.25, -0.2) is 0 Å². The van der Waals surface area contributed by atoms with E-state index in [0.717, 1.165) is 38.4 Å². The molecule has 0 amide bonds. The molecule has 5 nitrogen and oxygen atoms in total. The van der Waals surface area contributed by atoms with E-state index in [0.29, 0.717) is 18.2 Å². The average molecular weight is 268 g/mol. The van der Waals surface area contributed by atoms with Gasteiger partial charge in [-0.15, -0.1) is 0 Å². The molecule has 0 aromatic heterocycles. The second-order valence-electron chi connectivity index (χ2n) is 5.78. The van der Waals surface area contributed by atoms with Crippen molar-refractivity contribution >= 4 is 5.96 Å². The zero-order chi connectivity index (χ0) is 13.7. The van der Waals surface area contributed by atoms with E-state index >= 15 is 0 Å². The molecule has 0 saturated carbocycles. The third-order valence-corrected chi connectivity index (χ3v) is 3.81. The number of nitrogens with zero attached hydrogens (tertiary/aromatic N) is 2. The molecule has 3 atom stereocenters. The summed E-state index contributed by atoms with van der Waals surface area (Å²) in [7, 11) is 4.19. The SMILES string of the molecule is CCNC(=NCCCN(C)C)NC1CC2CCC1O2. The Hall–Kier alpha value is -0.810. The molecule has 2 saturated heterocycles. The van der Waals surface area contributed by atoms with E-state index < -0.39 is 0 Å². The molecule has 2 N–H and O–H groups in total. The van der Waals surface area contributed by atoms with Crippen molar-refractivity contribution in [2.45, 2.75) is 50.9 Å². The highest BCUT2D eigenvalue weighted by Crippen LogP contribution is 2.34. The molecular weight excluding hydrogens is 240 g/mol. The predicted octanol–water partition coefficient (Wildman–Crippen LogP) is 0.813. The number of rotatable bonds is 6. The van der Waals surface area contributed by atoms with Gasteiger partial charge in [0.15, 0.2) is 5.96 Å². The van der Waals surface area contributed by atoms with Crippen LogP contribution < -0.4 is 10.6 Å². The first kappa shape index (κ1) is 14.6. The second kappa shape index (κ2) is 7.10. The lowest BCUT2D eigenvalue weighted by atomic mass is 9.96. The van der Waals surface area contributed by atoms with E-state index in [4.69, 9.17) is 4.74 Å². The number of hydrogen-bond acceptors (Lipinski definition) is 3. The van der Waals surface area contributed by atoms with Gasteiger partial charge in [-0.3, -0.25) is 4.99 Å². The molecule has 2 heterocycles. The van der Waals surface area contributed by atoms with E-state index in [-0.39, 0.29) is 0 Å². The van der Waals surface area contributed by atoms with Crippen LogP contribution in [0.3, 0.4) is 0 Å². The highest BCUT2D eigenvalue weighted by atomic mass is 16.5. The Labute approximate surface area is 116 Å². The third-order valence-electron chi connectivity index (χ3n) is 3.81. The van der Waals surface area contributed by atoms with E-state index in [2.05, 4.69) is 41.5 Å². The maximum Gasteiger partial charge on any atom is 0.191 e. The molecule has 110 valence electrons. The zero-order valence-electron chi connectivity index (χ0n) is 12.5. The summed E-state index contributed by atoms with van der Waals surface area (Å²) in [4.78, 5) is 6.84. The van der Waals surface area contributed by atoms with Crippen LogP contribution >= 0.6 is 0 Å². The minimum absolute atomic E-state index is 0.399. The zero-order valence-corrected chi connectivity index (χ0v) is 12.5. The van der Waals surface area contributed by atoms with Crippen LogP contribution in [0.2, 0.25) is 0 Å². The highest BCUT2D eigenvalue weighted by molar-refractivity contribution is 5.80. The van der Waals surface area contributed by atoms with Gasteiger partial charge in [0.05, 0.1) is 18.2 Å². The lowest BCUT2D eigenvalue weighted by Crippen LogP contribution is -2.47. The van der Waals surface area contributed by atoms with E-state index in [1.807, 2.05) is 0 Å². The molecule has 5 heteroatoms. The van der Waals surface area contributed by atoms with E-state index in [9.17, 15) is 0 Å². The van der Waals surface area contributed by atoms with Gasteiger partial charge in [0.1, 0.15) is 0 Å². The Balaban J connectivity index is 1.77. The Kier molecular flexibility index (Phi) is 5.45. The first-order valence-electron chi connectivity index (χ1n) is 7.54. The molecule has 0 aliphatic carbocycles. The molecular formula is C14H28N4O. The van der Waals surface area contributed by atoms with Crippen LogP contribution in [0.25, 0.3) is 0 Å². The summed E-state index contributed by atoms with van der Waals surface area (Å²) in [6.07, 6.45) is 5.54. The molecule has 2 rings (SSSR count). The topological polar surface area (TPSA) is 48.9 Å². The molecule has 3 unspecified atom stereocenters. The van der Waals surface area contributed by atoms with Crippen LogP contribution in [0.15, 0.2) is 4.99 Å². The number of hydrogen-bond donors (Lipinski definition) is 2. The Morgan fingerprint density at radius 3 is 2.79 bits per heavy atom. The number of nitrogens with one attached hydrogen (secondary N) is 2. The summed E-state index contributed by atoms with van der Waals surface area (Å²) in [6.45, 7) is 4.96. The Morgan fingerprint density at radius 1 is 1.37 bits per heavy atom. The molecule has 19 heavy (non-hydrogen) atoms. The summed E-state index contributed by atoms with van der Waals surface area (Å²) < 4.78 is 5.87. The Bertz CT molecular complexity index is 306. The Morgan fingerprint density at radius 2 is 2.21 bits per heavy atom. The van der Waals surface area contributed by atoms with Crippen molar-refractivity contribution < 1.29 is 4.74 Å². The normalized spacial score (nSPS) is 30.1. The molecule has 2 aliphatic heterocycles. The van der Waals surface area contributed by atoms with Crippen molar-refractivity contribution in [2.24, 2.45) is 4.99 Å². The van der Waals surface area contributed by atoms with Gasteiger partial charge in [-0.1, -0.05) is 0 Å². The molecule has 2 aliphatic rings. The van der Waals surface area contributed by atoms with Gasteiger partial charge in [0.25, 0.3) is 0 Å². The molecule has 0 aromatic carbocycles. The number of guanidine groups is 1. The molecule has 0 spiro atoms. The van der Waals surface area contributed by atoms with Crippen molar-refractivity contribution in [2.75, 3.05) is 33.7 Å². The predicted molar refractivity (Wildman–Crippen MR) is 78.6 cm³/mol. The van der Waals surface area contributed by atoms with Gasteiger partial charge in [-0.2, -0.15) is 0 Å². The number of aliphatic imine (C=N–C) groups is 1. The summed E-state index contributed by atoms with van der Waals surface area (Å²) >= 11 is 0.